The molecule has 1 N–H and O–H groups in total. The number of rotatable bonds is 6. The molecule has 0 spiro atoms. The summed E-state index contributed by atoms with van der Waals surface area (Å²) in [4.78, 5) is 26.5. The Morgan fingerprint density at radius 1 is 1.04 bits per heavy atom. The van der Waals surface area contributed by atoms with Gasteiger partial charge in [0.05, 0.1) is 13.0 Å². The summed E-state index contributed by atoms with van der Waals surface area (Å²) in [6.45, 7) is 1.74. The molecule has 136 valence electrons. The third-order valence-corrected chi connectivity index (χ3v) is 5.25. The Bertz CT molecular complexity index is 562. The SMILES string of the molecule is O=C(NC1CCCC1)C1CCN(C(=O)CCOc2ccccc2)CC1. The van der Waals surface area contributed by atoms with Crippen LogP contribution in [0.4, 0.5) is 0 Å². The van der Waals surface area contributed by atoms with Gasteiger partial charge in [0.15, 0.2) is 0 Å². The van der Waals surface area contributed by atoms with Gasteiger partial charge < -0.3 is 15.0 Å². The van der Waals surface area contributed by atoms with Crippen molar-refractivity contribution in [2.75, 3.05) is 19.7 Å². The molecular weight excluding hydrogens is 316 g/mol. The normalized spacial score (nSPS) is 19.0. The zero-order chi connectivity index (χ0) is 17.5. The van der Waals surface area contributed by atoms with Gasteiger partial charge in [0, 0.05) is 25.0 Å². The number of amides is 2. The predicted octanol–water partition coefficient (Wildman–Crippen LogP) is 2.75. The molecule has 25 heavy (non-hydrogen) atoms. The van der Waals surface area contributed by atoms with Crippen LogP contribution >= 0.6 is 0 Å². The zero-order valence-corrected chi connectivity index (χ0v) is 14.8. The van der Waals surface area contributed by atoms with Crippen LogP contribution in [0.15, 0.2) is 30.3 Å². The van der Waals surface area contributed by atoms with Crippen LogP contribution in [0.1, 0.15) is 44.9 Å². The summed E-state index contributed by atoms with van der Waals surface area (Å²) in [6.07, 6.45) is 6.60. The molecule has 0 unspecified atom stereocenters. The standard InChI is InChI=1S/C20H28N2O3/c23-19(12-15-25-18-8-2-1-3-9-18)22-13-10-16(11-14-22)20(24)21-17-6-4-5-7-17/h1-3,8-9,16-17H,4-7,10-15H2,(H,21,24). The molecule has 0 radical (unpaired) electrons. The molecule has 2 aliphatic rings. The van der Waals surface area contributed by atoms with E-state index in [2.05, 4.69) is 5.32 Å². The molecule has 1 aromatic rings. The smallest absolute Gasteiger partial charge is 0.225 e. The van der Waals surface area contributed by atoms with E-state index in [4.69, 9.17) is 4.74 Å². The maximum absolute atomic E-state index is 12.3. The van der Waals surface area contributed by atoms with Crippen LogP contribution in [-0.2, 0) is 9.59 Å². The van der Waals surface area contributed by atoms with E-state index in [1.807, 2.05) is 35.2 Å². The molecule has 1 aliphatic heterocycles. The monoisotopic (exact) mass is 344 g/mol. The van der Waals surface area contributed by atoms with Gasteiger partial charge in [-0.2, -0.15) is 0 Å². The van der Waals surface area contributed by atoms with Crippen molar-refractivity contribution in [2.24, 2.45) is 5.92 Å². The van der Waals surface area contributed by atoms with Crippen LogP contribution in [0, 0.1) is 5.92 Å². The van der Waals surface area contributed by atoms with Crippen LogP contribution < -0.4 is 10.1 Å². The van der Waals surface area contributed by atoms with E-state index >= 15 is 0 Å². The zero-order valence-electron chi connectivity index (χ0n) is 14.8. The average molecular weight is 344 g/mol. The van der Waals surface area contributed by atoms with E-state index in [-0.39, 0.29) is 17.7 Å². The van der Waals surface area contributed by atoms with Gasteiger partial charge in [-0.25, -0.2) is 0 Å². The minimum Gasteiger partial charge on any atom is -0.493 e. The number of carbonyl (C=O) groups is 2. The summed E-state index contributed by atoms with van der Waals surface area (Å²) in [5, 5.41) is 3.18. The summed E-state index contributed by atoms with van der Waals surface area (Å²) in [5.41, 5.74) is 0. The van der Waals surface area contributed by atoms with Gasteiger partial charge in [-0.15, -0.1) is 0 Å². The van der Waals surface area contributed by atoms with E-state index in [1.54, 1.807) is 0 Å². The van der Waals surface area contributed by atoms with E-state index in [1.165, 1.54) is 12.8 Å². The first-order valence-corrected chi connectivity index (χ1v) is 9.48. The number of carbonyl (C=O) groups excluding carboxylic acids is 2. The highest BCUT2D eigenvalue weighted by molar-refractivity contribution is 5.80. The summed E-state index contributed by atoms with van der Waals surface area (Å²) in [6, 6.07) is 9.92. The molecule has 0 bridgehead atoms. The van der Waals surface area contributed by atoms with Gasteiger partial charge in [0.2, 0.25) is 11.8 Å². The lowest BCUT2D eigenvalue weighted by molar-refractivity contribution is -0.136. The summed E-state index contributed by atoms with van der Waals surface area (Å²) in [7, 11) is 0. The molecule has 1 saturated carbocycles. The number of benzene rings is 1. The number of piperidine rings is 1. The second-order valence-corrected chi connectivity index (χ2v) is 7.06. The van der Waals surface area contributed by atoms with Crippen molar-refractivity contribution in [1.82, 2.24) is 10.2 Å². The van der Waals surface area contributed by atoms with Crippen LogP contribution in [0.5, 0.6) is 5.75 Å². The maximum Gasteiger partial charge on any atom is 0.225 e. The third kappa shape index (κ3) is 5.21. The number of hydrogen-bond donors (Lipinski definition) is 1. The number of nitrogens with zero attached hydrogens (tertiary/aromatic N) is 1. The summed E-state index contributed by atoms with van der Waals surface area (Å²) >= 11 is 0. The minimum atomic E-state index is 0.0604. The van der Waals surface area contributed by atoms with Gasteiger partial charge in [-0.3, -0.25) is 9.59 Å². The van der Waals surface area contributed by atoms with Crippen LogP contribution in [-0.4, -0.2) is 42.5 Å². The molecule has 1 heterocycles. The lowest BCUT2D eigenvalue weighted by atomic mass is 9.95. The molecule has 5 nitrogen and oxygen atoms in total. The van der Waals surface area contributed by atoms with Gasteiger partial charge in [0.1, 0.15) is 5.75 Å². The molecule has 5 heteroatoms. The van der Waals surface area contributed by atoms with Crippen molar-refractivity contribution in [3.05, 3.63) is 30.3 Å². The van der Waals surface area contributed by atoms with E-state index in [0.29, 0.717) is 32.2 Å². The van der Waals surface area contributed by atoms with Crippen molar-refractivity contribution in [2.45, 2.75) is 51.0 Å². The topological polar surface area (TPSA) is 58.6 Å². The fourth-order valence-electron chi connectivity index (χ4n) is 3.71. The van der Waals surface area contributed by atoms with Gasteiger partial charge in [-0.05, 0) is 37.8 Å². The Balaban J connectivity index is 1.35. The second kappa shape index (κ2) is 8.88. The van der Waals surface area contributed by atoms with Crippen molar-refractivity contribution >= 4 is 11.8 Å². The number of likely N-dealkylation sites (tertiary alicyclic amines) is 1. The first-order valence-electron chi connectivity index (χ1n) is 9.48. The fraction of sp³-hybridized carbons (Fsp3) is 0.600. The Morgan fingerprint density at radius 3 is 2.40 bits per heavy atom. The van der Waals surface area contributed by atoms with Crippen molar-refractivity contribution in [3.8, 4) is 5.75 Å². The van der Waals surface area contributed by atoms with Crippen LogP contribution in [0.25, 0.3) is 0 Å². The minimum absolute atomic E-state index is 0.0604. The number of ether oxygens (including phenoxy) is 1. The largest absolute Gasteiger partial charge is 0.493 e. The summed E-state index contributed by atoms with van der Waals surface area (Å²) < 4.78 is 5.59. The first kappa shape index (κ1) is 17.8. The van der Waals surface area contributed by atoms with E-state index in [9.17, 15) is 9.59 Å². The molecule has 2 fully saturated rings. The second-order valence-electron chi connectivity index (χ2n) is 7.06. The highest BCUT2D eigenvalue weighted by atomic mass is 16.5. The van der Waals surface area contributed by atoms with Gasteiger partial charge >= 0.3 is 0 Å². The lowest BCUT2D eigenvalue weighted by Gasteiger charge is -2.32. The number of nitrogens with one attached hydrogen (secondary N) is 1. The Kier molecular flexibility index (Phi) is 6.31. The first-order chi connectivity index (χ1) is 12.2. The number of para-hydroxylation sites is 1. The molecule has 3 rings (SSSR count). The molecular formula is C20H28N2O3. The third-order valence-electron chi connectivity index (χ3n) is 5.25. The predicted molar refractivity (Wildman–Crippen MR) is 96.3 cm³/mol. The van der Waals surface area contributed by atoms with Gasteiger partial charge in [0.25, 0.3) is 0 Å². The molecule has 0 atom stereocenters. The van der Waals surface area contributed by atoms with Crippen molar-refractivity contribution in [1.29, 1.82) is 0 Å². The molecule has 1 aromatic carbocycles. The average Bonchev–Trinajstić information content (AvgIpc) is 3.15. The number of hydrogen-bond acceptors (Lipinski definition) is 3. The van der Waals surface area contributed by atoms with E-state index < -0.39 is 0 Å². The Labute approximate surface area is 149 Å². The molecule has 2 amide bonds. The van der Waals surface area contributed by atoms with Gasteiger partial charge in [-0.1, -0.05) is 31.0 Å². The highest BCUT2D eigenvalue weighted by Gasteiger charge is 2.28. The van der Waals surface area contributed by atoms with Crippen molar-refractivity contribution in [3.63, 3.8) is 0 Å². The lowest BCUT2D eigenvalue weighted by Crippen LogP contribution is -2.45. The molecule has 1 aliphatic carbocycles. The quantitative estimate of drug-likeness (QED) is 0.863. The fourth-order valence-corrected chi connectivity index (χ4v) is 3.71. The molecule has 1 saturated heterocycles. The Morgan fingerprint density at radius 2 is 1.72 bits per heavy atom. The maximum atomic E-state index is 12.3. The Hall–Kier alpha value is -2.04. The molecule has 0 aromatic heterocycles. The van der Waals surface area contributed by atoms with E-state index in [0.717, 1.165) is 31.4 Å². The highest BCUT2D eigenvalue weighted by Crippen LogP contribution is 2.22. The summed E-state index contributed by atoms with van der Waals surface area (Å²) in [5.74, 6) is 1.15. The van der Waals surface area contributed by atoms with Crippen LogP contribution in [0.3, 0.4) is 0 Å². The van der Waals surface area contributed by atoms with Crippen LogP contribution in [0.2, 0.25) is 0 Å². The van der Waals surface area contributed by atoms with Crippen molar-refractivity contribution < 1.29 is 14.3 Å².